The molecule has 1 aromatic rings. The standard InChI is InChI=1S/C19H30N2/c1-14-10-15(2)12-18(11-14)16(3)21-9-5-6-17(13-21)19-7-4-8-20-19/h10-12,16-17,19-20H,4-9,13H2,1-3H3. The molecule has 0 aromatic heterocycles. The number of nitrogens with zero attached hydrogens (tertiary/aromatic N) is 1. The van der Waals surface area contributed by atoms with E-state index in [1.54, 1.807) is 0 Å². The van der Waals surface area contributed by atoms with Gasteiger partial charge in [0.2, 0.25) is 0 Å². The molecule has 21 heavy (non-hydrogen) atoms. The fourth-order valence-corrected chi connectivity index (χ4v) is 4.30. The van der Waals surface area contributed by atoms with Crippen LogP contribution in [0.5, 0.6) is 0 Å². The van der Waals surface area contributed by atoms with Crippen molar-refractivity contribution in [1.29, 1.82) is 0 Å². The summed E-state index contributed by atoms with van der Waals surface area (Å²) in [6.45, 7) is 10.6. The van der Waals surface area contributed by atoms with E-state index >= 15 is 0 Å². The quantitative estimate of drug-likeness (QED) is 0.908. The zero-order chi connectivity index (χ0) is 14.8. The summed E-state index contributed by atoms with van der Waals surface area (Å²) >= 11 is 0. The van der Waals surface area contributed by atoms with Crippen molar-refractivity contribution >= 4 is 0 Å². The number of benzene rings is 1. The summed E-state index contributed by atoms with van der Waals surface area (Å²) in [5.41, 5.74) is 4.28. The molecule has 3 atom stereocenters. The summed E-state index contributed by atoms with van der Waals surface area (Å²) < 4.78 is 0. The van der Waals surface area contributed by atoms with E-state index in [-0.39, 0.29) is 0 Å². The van der Waals surface area contributed by atoms with Gasteiger partial charge in [-0.15, -0.1) is 0 Å². The maximum atomic E-state index is 3.72. The minimum atomic E-state index is 0.549. The average molecular weight is 286 g/mol. The number of piperidine rings is 1. The van der Waals surface area contributed by atoms with Gasteiger partial charge in [-0.1, -0.05) is 29.3 Å². The van der Waals surface area contributed by atoms with Gasteiger partial charge in [-0.2, -0.15) is 0 Å². The molecule has 0 bridgehead atoms. The summed E-state index contributed by atoms with van der Waals surface area (Å²) in [6, 6.07) is 8.34. The lowest BCUT2D eigenvalue weighted by Gasteiger charge is -2.39. The first-order valence-electron chi connectivity index (χ1n) is 8.69. The molecule has 2 heteroatoms. The Kier molecular flexibility index (Phi) is 4.66. The van der Waals surface area contributed by atoms with Crippen molar-refractivity contribution in [3.8, 4) is 0 Å². The van der Waals surface area contributed by atoms with Crippen LogP contribution in [0.25, 0.3) is 0 Å². The van der Waals surface area contributed by atoms with Gasteiger partial charge in [0.1, 0.15) is 0 Å². The Morgan fingerprint density at radius 2 is 1.86 bits per heavy atom. The van der Waals surface area contributed by atoms with Gasteiger partial charge in [0.15, 0.2) is 0 Å². The molecule has 0 radical (unpaired) electrons. The lowest BCUT2D eigenvalue weighted by molar-refractivity contribution is 0.114. The molecule has 2 saturated heterocycles. The summed E-state index contributed by atoms with van der Waals surface area (Å²) in [5, 5.41) is 3.72. The summed E-state index contributed by atoms with van der Waals surface area (Å²) in [6.07, 6.45) is 5.52. The summed E-state index contributed by atoms with van der Waals surface area (Å²) in [7, 11) is 0. The van der Waals surface area contributed by atoms with Crippen molar-refractivity contribution in [2.24, 2.45) is 5.92 Å². The molecule has 116 valence electrons. The van der Waals surface area contributed by atoms with Gasteiger partial charge < -0.3 is 5.32 Å². The third-order valence-corrected chi connectivity index (χ3v) is 5.43. The number of aryl methyl sites for hydroxylation is 2. The maximum absolute atomic E-state index is 3.72. The zero-order valence-corrected chi connectivity index (χ0v) is 13.9. The predicted octanol–water partition coefficient (Wildman–Crippen LogP) is 3.83. The smallest absolute Gasteiger partial charge is 0.0320 e. The summed E-state index contributed by atoms with van der Waals surface area (Å²) in [5.74, 6) is 0.856. The number of hydrogen-bond donors (Lipinski definition) is 1. The fourth-order valence-electron chi connectivity index (χ4n) is 4.30. The fraction of sp³-hybridized carbons (Fsp3) is 0.684. The van der Waals surface area contributed by atoms with E-state index in [4.69, 9.17) is 0 Å². The molecule has 2 aliphatic heterocycles. The van der Waals surface area contributed by atoms with Crippen LogP contribution in [0.4, 0.5) is 0 Å². The van der Waals surface area contributed by atoms with Gasteiger partial charge in [-0.3, -0.25) is 4.90 Å². The first-order chi connectivity index (χ1) is 10.1. The SMILES string of the molecule is Cc1cc(C)cc(C(C)N2CCCC(C3CCCN3)C2)c1. The van der Waals surface area contributed by atoms with Gasteiger partial charge >= 0.3 is 0 Å². The highest BCUT2D eigenvalue weighted by Gasteiger charge is 2.31. The van der Waals surface area contributed by atoms with Crippen molar-refractivity contribution < 1.29 is 0 Å². The van der Waals surface area contributed by atoms with Crippen LogP contribution in [0.3, 0.4) is 0 Å². The monoisotopic (exact) mass is 286 g/mol. The van der Waals surface area contributed by atoms with Gasteiger partial charge in [0.05, 0.1) is 0 Å². The van der Waals surface area contributed by atoms with Crippen LogP contribution >= 0.6 is 0 Å². The van der Waals surface area contributed by atoms with Crippen molar-refractivity contribution in [2.75, 3.05) is 19.6 Å². The Hall–Kier alpha value is -0.860. The van der Waals surface area contributed by atoms with E-state index in [9.17, 15) is 0 Å². The van der Waals surface area contributed by atoms with Crippen LogP contribution in [0, 0.1) is 19.8 Å². The molecule has 3 unspecified atom stereocenters. The highest BCUT2D eigenvalue weighted by molar-refractivity contribution is 5.30. The number of rotatable bonds is 3. The molecule has 1 N–H and O–H groups in total. The molecule has 2 aliphatic rings. The molecule has 1 aromatic carbocycles. The second kappa shape index (κ2) is 6.50. The van der Waals surface area contributed by atoms with E-state index < -0.39 is 0 Å². The average Bonchev–Trinajstić information content (AvgIpc) is 3.00. The highest BCUT2D eigenvalue weighted by atomic mass is 15.2. The minimum Gasteiger partial charge on any atom is -0.314 e. The highest BCUT2D eigenvalue weighted by Crippen LogP contribution is 2.30. The normalized spacial score (nSPS) is 28.7. The van der Waals surface area contributed by atoms with E-state index in [1.807, 2.05) is 0 Å². The second-order valence-corrected chi connectivity index (χ2v) is 7.20. The minimum absolute atomic E-state index is 0.549. The van der Waals surface area contributed by atoms with Crippen molar-refractivity contribution in [3.63, 3.8) is 0 Å². The molecule has 2 heterocycles. The van der Waals surface area contributed by atoms with Crippen molar-refractivity contribution in [1.82, 2.24) is 10.2 Å². The largest absolute Gasteiger partial charge is 0.314 e. The Bertz CT molecular complexity index is 456. The topological polar surface area (TPSA) is 15.3 Å². The van der Waals surface area contributed by atoms with Gasteiger partial charge in [0.25, 0.3) is 0 Å². The van der Waals surface area contributed by atoms with Crippen LogP contribution in [0.2, 0.25) is 0 Å². The molecule has 0 spiro atoms. The molecule has 0 aliphatic carbocycles. The first-order valence-corrected chi connectivity index (χ1v) is 8.69. The molecule has 2 nitrogen and oxygen atoms in total. The van der Waals surface area contributed by atoms with Crippen molar-refractivity contribution in [3.05, 3.63) is 34.9 Å². The van der Waals surface area contributed by atoms with Crippen LogP contribution in [-0.2, 0) is 0 Å². The van der Waals surface area contributed by atoms with Crippen LogP contribution in [0.1, 0.15) is 55.3 Å². The lowest BCUT2D eigenvalue weighted by Crippen LogP contribution is -2.44. The van der Waals surface area contributed by atoms with Gasteiger partial charge in [0, 0.05) is 18.6 Å². The molecule has 2 fully saturated rings. The number of hydrogen-bond acceptors (Lipinski definition) is 2. The number of likely N-dealkylation sites (tertiary alicyclic amines) is 1. The predicted molar refractivity (Wildman–Crippen MR) is 89.7 cm³/mol. The zero-order valence-electron chi connectivity index (χ0n) is 13.9. The third-order valence-electron chi connectivity index (χ3n) is 5.43. The van der Waals surface area contributed by atoms with E-state index in [1.165, 1.54) is 62.0 Å². The molecule has 0 saturated carbocycles. The Labute approximate surface area is 129 Å². The molecule has 0 amide bonds. The van der Waals surface area contributed by atoms with Crippen LogP contribution in [-0.4, -0.2) is 30.6 Å². The molecular weight excluding hydrogens is 256 g/mol. The van der Waals surface area contributed by atoms with E-state index in [0.29, 0.717) is 6.04 Å². The van der Waals surface area contributed by atoms with Crippen LogP contribution < -0.4 is 5.32 Å². The maximum Gasteiger partial charge on any atom is 0.0320 e. The van der Waals surface area contributed by atoms with E-state index in [0.717, 1.165) is 12.0 Å². The Morgan fingerprint density at radius 1 is 1.10 bits per heavy atom. The van der Waals surface area contributed by atoms with Crippen LogP contribution in [0.15, 0.2) is 18.2 Å². The Balaban J connectivity index is 1.69. The lowest BCUT2D eigenvalue weighted by atomic mass is 9.88. The van der Waals surface area contributed by atoms with E-state index in [2.05, 4.69) is 49.2 Å². The first kappa shape index (κ1) is 15.1. The van der Waals surface area contributed by atoms with Gasteiger partial charge in [-0.25, -0.2) is 0 Å². The number of nitrogens with one attached hydrogen (secondary N) is 1. The molecule has 3 rings (SSSR count). The second-order valence-electron chi connectivity index (χ2n) is 7.20. The van der Waals surface area contributed by atoms with Gasteiger partial charge in [-0.05, 0) is 71.0 Å². The molecular formula is C19H30N2. The van der Waals surface area contributed by atoms with Crippen molar-refractivity contribution in [2.45, 2.75) is 58.5 Å². The Morgan fingerprint density at radius 3 is 2.52 bits per heavy atom. The third kappa shape index (κ3) is 3.49. The summed E-state index contributed by atoms with van der Waals surface area (Å²) in [4.78, 5) is 2.71.